The van der Waals surface area contributed by atoms with Crippen molar-refractivity contribution in [3.63, 3.8) is 0 Å². The Kier molecular flexibility index (Phi) is 5.99. The van der Waals surface area contributed by atoms with Gasteiger partial charge in [-0.1, -0.05) is 18.2 Å². The second-order valence-corrected chi connectivity index (χ2v) is 6.83. The average molecular weight is 391 g/mol. The van der Waals surface area contributed by atoms with Crippen molar-refractivity contribution in [1.29, 1.82) is 0 Å². The van der Waals surface area contributed by atoms with E-state index in [-0.39, 0.29) is 0 Å². The lowest BCUT2D eigenvalue weighted by Crippen LogP contribution is -2.47. The fourth-order valence-corrected chi connectivity index (χ4v) is 3.32. The van der Waals surface area contributed by atoms with Crippen LogP contribution in [0.2, 0.25) is 0 Å². The van der Waals surface area contributed by atoms with Crippen LogP contribution in [0.25, 0.3) is 0 Å². The van der Waals surface area contributed by atoms with Crippen LogP contribution in [0.5, 0.6) is 5.75 Å². The third-order valence-electron chi connectivity index (χ3n) is 4.96. The number of aromatic nitrogens is 4. The molecule has 1 fully saturated rings. The minimum absolute atomic E-state index is 0.667. The number of anilines is 3. The first-order chi connectivity index (χ1) is 14.3. The summed E-state index contributed by atoms with van der Waals surface area (Å²) in [5.41, 5.74) is 1.24. The summed E-state index contributed by atoms with van der Waals surface area (Å²) >= 11 is 0. The van der Waals surface area contributed by atoms with Crippen LogP contribution in [-0.2, 0) is 6.42 Å². The third-order valence-corrected chi connectivity index (χ3v) is 4.96. The topological polar surface area (TPSA) is 79.3 Å². The molecule has 8 heteroatoms. The summed E-state index contributed by atoms with van der Waals surface area (Å²) in [7, 11) is 1.68. The van der Waals surface area contributed by atoms with Crippen molar-refractivity contribution in [3.05, 3.63) is 60.4 Å². The van der Waals surface area contributed by atoms with Crippen LogP contribution in [0.1, 0.15) is 5.56 Å². The quantitative estimate of drug-likeness (QED) is 0.657. The molecule has 2 aromatic heterocycles. The van der Waals surface area contributed by atoms with E-state index in [2.05, 4.69) is 47.4 Å². The summed E-state index contributed by atoms with van der Waals surface area (Å²) in [4.78, 5) is 13.5. The molecule has 4 rings (SSSR count). The molecule has 0 spiro atoms. The highest BCUT2D eigenvalue weighted by molar-refractivity contribution is 5.44. The van der Waals surface area contributed by atoms with Crippen LogP contribution in [0.3, 0.4) is 0 Å². The molecule has 1 aliphatic heterocycles. The summed E-state index contributed by atoms with van der Waals surface area (Å²) in [5.74, 6) is 3.30. The van der Waals surface area contributed by atoms with E-state index in [0.717, 1.165) is 56.5 Å². The molecule has 3 heterocycles. The molecular weight excluding hydrogens is 366 g/mol. The summed E-state index contributed by atoms with van der Waals surface area (Å²) in [6.07, 6.45) is 4.39. The van der Waals surface area contributed by atoms with E-state index in [1.54, 1.807) is 13.3 Å². The highest BCUT2D eigenvalue weighted by atomic mass is 16.5. The molecule has 0 aliphatic carbocycles. The van der Waals surface area contributed by atoms with Crippen molar-refractivity contribution in [2.45, 2.75) is 6.42 Å². The molecule has 8 nitrogen and oxygen atoms in total. The summed E-state index contributed by atoms with van der Waals surface area (Å²) in [6.45, 7) is 4.23. The Hall–Kier alpha value is -3.42. The van der Waals surface area contributed by atoms with Gasteiger partial charge in [0.2, 0.25) is 5.95 Å². The van der Waals surface area contributed by atoms with E-state index in [9.17, 15) is 0 Å². The molecule has 29 heavy (non-hydrogen) atoms. The van der Waals surface area contributed by atoms with Gasteiger partial charge in [-0.25, -0.2) is 4.98 Å². The van der Waals surface area contributed by atoms with Gasteiger partial charge in [-0.05, 0) is 36.2 Å². The Bertz CT molecular complexity index is 896. The Labute approximate surface area is 170 Å². The molecule has 1 N–H and O–H groups in total. The van der Waals surface area contributed by atoms with Gasteiger partial charge in [0.25, 0.3) is 0 Å². The van der Waals surface area contributed by atoms with E-state index >= 15 is 0 Å². The Morgan fingerprint density at radius 2 is 1.79 bits per heavy atom. The van der Waals surface area contributed by atoms with Crippen molar-refractivity contribution in [1.82, 2.24) is 20.2 Å². The van der Waals surface area contributed by atoms with Gasteiger partial charge in [-0.2, -0.15) is 10.1 Å². The molecule has 1 aliphatic rings. The molecule has 0 bridgehead atoms. The SMILES string of the molecule is COc1ccc(CCNc2cnnc(N3CCN(c4ccccn4)CC3)n2)cc1. The van der Waals surface area contributed by atoms with E-state index in [4.69, 9.17) is 4.74 Å². The van der Waals surface area contributed by atoms with Gasteiger partial charge in [-0.15, -0.1) is 5.10 Å². The predicted octanol–water partition coefficient (Wildman–Crippen LogP) is 2.26. The average Bonchev–Trinajstić information content (AvgIpc) is 2.80. The van der Waals surface area contributed by atoms with E-state index in [0.29, 0.717) is 5.95 Å². The van der Waals surface area contributed by atoms with Gasteiger partial charge in [0, 0.05) is 38.9 Å². The Balaban J connectivity index is 1.29. The zero-order valence-corrected chi connectivity index (χ0v) is 16.5. The van der Waals surface area contributed by atoms with Crippen LogP contribution in [-0.4, -0.2) is 60.0 Å². The lowest BCUT2D eigenvalue weighted by Gasteiger charge is -2.35. The van der Waals surface area contributed by atoms with Gasteiger partial charge in [0.1, 0.15) is 11.6 Å². The van der Waals surface area contributed by atoms with Crippen molar-refractivity contribution in [2.75, 3.05) is 55.0 Å². The minimum atomic E-state index is 0.667. The number of nitrogens with zero attached hydrogens (tertiary/aromatic N) is 6. The number of hydrogen-bond donors (Lipinski definition) is 1. The first-order valence-corrected chi connectivity index (χ1v) is 9.79. The molecule has 0 unspecified atom stereocenters. The van der Waals surface area contributed by atoms with Crippen molar-refractivity contribution >= 4 is 17.6 Å². The van der Waals surface area contributed by atoms with Gasteiger partial charge in [0.05, 0.1) is 13.3 Å². The van der Waals surface area contributed by atoms with Gasteiger partial charge in [-0.3, -0.25) is 0 Å². The molecular formula is C21H25N7O. The number of hydrogen-bond acceptors (Lipinski definition) is 8. The van der Waals surface area contributed by atoms with E-state index < -0.39 is 0 Å². The molecule has 0 atom stereocenters. The highest BCUT2D eigenvalue weighted by Gasteiger charge is 2.20. The normalized spacial score (nSPS) is 14.0. The smallest absolute Gasteiger partial charge is 0.247 e. The van der Waals surface area contributed by atoms with Crippen molar-refractivity contribution in [2.24, 2.45) is 0 Å². The maximum absolute atomic E-state index is 5.19. The number of methoxy groups -OCH3 is 1. The predicted molar refractivity (Wildman–Crippen MR) is 114 cm³/mol. The van der Waals surface area contributed by atoms with Crippen LogP contribution in [0, 0.1) is 0 Å². The fourth-order valence-electron chi connectivity index (χ4n) is 3.32. The van der Waals surface area contributed by atoms with Crippen LogP contribution in [0.15, 0.2) is 54.9 Å². The number of rotatable bonds is 7. The monoisotopic (exact) mass is 391 g/mol. The first kappa shape index (κ1) is 18.9. The van der Waals surface area contributed by atoms with Crippen molar-refractivity contribution < 1.29 is 4.74 Å². The summed E-state index contributed by atoms with van der Waals surface area (Å²) < 4.78 is 5.19. The van der Waals surface area contributed by atoms with Crippen LogP contribution in [0.4, 0.5) is 17.6 Å². The number of ether oxygens (including phenoxy) is 1. The molecule has 3 aromatic rings. The standard InChI is InChI=1S/C21H25N7O/c1-29-18-7-5-17(6-8-18)9-11-22-19-16-24-26-21(25-19)28-14-12-27(13-15-28)20-4-2-3-10-23-20/h2-8,10,16H,9,11-15H2,1H3,(H,22,25,26). The molecule has 150 valence electrons. The summed E-state index contributed by atoms with van der Waals surface area (Å²) in [6, 6.07) is 14.1. The minimum Gasteiger partial charge on any atom is -0.497 e. The summed E-state index contributed by atoms with van der Waals surface area (Å²) in [5, 5.41) is 11.7. The highest BCUT2D eigenvalue weighted by Crippen LogP contribution is 2.17. The number of piperazine rings is 1. The van der Waals surface area contributed by atoms with Crippen LogP contribution < -0.4 is 19.9 Å². The maximum Gasteiger partial charge on any atom is 0.247 e. The van der Waals surface area contributed by atoms with Gasteiger partial charge >= 0.3 is 0 Å². The second-order valence-electron chi connectivity index (χ2n) is 6.83. The number of benzene rings is 1. The fraction of sp³-hybridized carbons (Fsp3) is 0.333. The lowest BCUT2D eigenvalue weighted by atomic mass is 10.1. The largest absolute Gasteiger partial charge is 0.497 e. The zero-order valence-electron chi connectivity index (χ0n) is 16.5. The van der Waals surface area contributed by atoms with Crippen molar-refractivity contribution in [3.8, 4) is 5.75 Å². The number of nitrogens with one attached hydrogen (secondary N) is 1. The maximum atomic E-state index is 5.19. The number of pyridine rings is 1. The molecule has 1 saturated heterocycles. The molecule has 1 aromatic carbocycles. The zero-order chi connectivity index (χ0) is 19.9. The molecule has 0 saturated carbocycles. The Morgan fingerprint density at radius 1 is 1.00 bits per heavy atom. The third kappa shape index (κ3) is 4.90. The van der Waals surface area contributed by atoms with E-state index in [1.165, 1.54) is 5.56 Å². The Morgan fingerprint density at radius 3 is 2.52 bits per heavy atom. The van der Waals surface area contributed by atoms with Gasteiger partial charge < -0.3 is 19.9 Å². The molecule has 0 amide bonds. The first-order valence-electron chi connectivity index (χ1n) is 9.79. The van der Waals surface area contributed by atoms with Crippen LogP contribution >= 0.6 is 0 Å². The van der Waals surface area contributed by atoms with E-state index in [1.807, 2.05) is 36.5 Å². The molecule has 0 radical (unpaired) electrons. The van der Waals surface area contributed by atoms with Gasteiger partial charge in [0.15, 0.2) is 5.82 Å². The second kappa shape index (κ2) is 9.18. The lowest BCUT2D eigenvalue weighted by molar-refractivity contribution is 0.414.